The summed E-state index contributed by atoms with van der Waals surface area (Å²) in [6, 6.07) is 14.4. The highest BCUT2D eigenvalue weighted by molar-refractivity contribution is 7.90. The van der Waals surface area contributed by atoms with E-state index in [9.17, 15) is 22.8 Å². The second-order valence-electron chi connectivity index (χ2n) is 8.63. The van der Waals surface area contributed by atoms with Crippen LogP contribution in [0.2, 0.25) is 0 Å². The van der Waals surface area contributed by atoms with Gasteiger partial charge in [0.1, 0.15) is 10.8 Å². The SMILES string of the molecule is CC(C)N1CC(C(=O)Nc2ccc(C(=O)Nc3nnc(CS(=O)(=O)c4ccccc4)s3)cc2)CC1=O. The molecule has 4 rings (SSSR count). The van der Waals surface area contributed by atoms with Crippen molar-refractivity contribution in [2.45, 2.75) is 37.0 Å². The summed E-state index contributed by atoms with van der Waals surface area (Å²) in [5.41, 5.74) is 0.833. The van der Waals surface area contributed by atoms with Crippen molar-refractivity contribution in [1.29, 1.82) is 0 Å². The molecule has 1 aliphatic heterocycles. The highest BCUT2D eigenvalue weighted by atomic mass is 32.2. The maximum atomic E-state index is 12.6. The Morgan fingerprint density at radius 3 is 2.39 bits per heavy atom. The van der Waals surface area contributed by atoms with Crippen molar-refractivity contribution in [2.75, 3.05) is 17.2 Å². The van der Waals surface area contributed by atoms with Crippen molar-refractivity contribution in [1.82, 2.24) is 15.1 Å². The van der Waals surface area contributed by atoms with E-state index in [1.165, 1.54) is 12.1 Å². The molecule has 188 valence electrons. The second kappa shape index (κ2) is 10.5. The lowest BCUT2D eigenvalue weighted by Crippen LogP contribution is -2.33. The molecule has 2 N–H and O–H groups in total. The van der Waals surface area contributed by atoms with Crippen LogP contribution in [-0.2, 0) is 25.2 Å². The number of carbonyl (C=O) groups excluding carboxylic acids is 3. The van der Waals surface area contributed by atoms with Crippen LogP contribution < -0.4 is 10.6 Å². The van der Waals surface area contributed by atoms with Gasteiger partial charge in [-0.1, -0.05) is 29.5 Å². The lowest BCUT2D eigenvalue weighted by molar-refractivity contribution is -0.129. The molecule has 0 radical (unpaired) electrons. The van der Waals surface area contributed by atoms with Crippen molar-refractivity contribution in [3.63, 3.8) is 0 Å². The number of nitrogens with one attached hydrogen (secondary N) is 2. The van der Waals surface area contributed by atoms with Crippen LogP contribution in [0.15, 0.2) is 59.5 Å². The summed E-state index contributed by atoms with van der Waals surface area (Å²) in [5.74, 6) is -1.46. The quantitative estimate of drug-likeness (QED) is 0.459. The molecule has 0 spiro atoms. The zero-order chi connectivity index (χ0) is 25.9. The Balaban J connectivity index is 1.33. The summed E-state index contributed by atoms with van der Waals surface area (Å²) >= 11 is 0.983. The Morgan fingerprint density at radius 2 is 1.75 bits per heavy atom. The second-order valence-corrected chi connectivity index (χ2v) is 11.7. The fraction of sp³-hybridized carbons (Fsp3) is 0.292. The van der Waals surface area contributed by atoms with Crippen molar-refractivity contribution < 1.29 is 22.8 Å². The van der Waals surface area contributed by atoms with Crippen LogP contribution in [0.5, 0.6) is 0 Å². The van der Waals surface area contributed by atoms with E-state index in [0.29, 0.717) is 17.8 Å². The van der Waals surface area contributed by atoms with Crippen LogP contribution in [0.3, 0.4) is 0 Å². The van der Waals surface area contributed by atoms with E-state index in [4.69, 9.17) is 0 Å². The van der Waals surface area contributed by atoms with Crippen LogP contribution >= 0.6 is 11.3 Å². The first kappa shape index (κ1) is 25.5. The molecule has 0 saturated carbocycles. The predicted molar refractivity (Wildman–Crippen MR) is 135 cm³/mol. The molecule has 0 bridgehead atoms. The molecule has 2 aromatic carbocycles. The Morgan fingerprint density at radius 1 is 1.06 bits per heavy atom. The molecule has 1 atom stereocenters. The predicted octanol–water partition coefficient (Wildman–Crippen LogP) is 2.96. The molecule has 1 aliphatic rings. The monoisotopic (exact) mass is 527 g/mol. The number of hydrogen-bond acceptors (Lipinski definition) is 8. The fourth-order valence-electron chi connectivity index (χ4n) is 3.76. The number of hydrogen-bond donors (Lipinski definition) is 2. The minimum Gasteiger partial charge on any atom is -0.339 e. The number of amides is 3. The Kier molecular flexibility index (Phi) is 7.45. The average molecular weight is 528 g/mol. The molecule has 1 aromatic heterocycles. The highest BCUT2D eigenvalue weighted by Crippen LogP contribution is 2.24. The standard InChI is InChI=1S/C24H25N5O5S2/c1-15(2)29-13-17(12-21(29)30)23(32)25-18-10-8-16(9-11-18)22(31)26-24-28-27-20(35-24)14-36(33,34)19-6-4-3-5-7-19/h3-11,15,17H,12-14H2,1-2H3,(H,25,32)(H,26,28,31). The van der Waals surface area contributed by atoms with Gasteiger partial charge in [0.15, 0.2) is 9.84 Å². The van der Waals surface area contributed by atoms with Gasteiger partial charge < -0.3 is 10.2 Å². The third-order valence-corrected chi connectivity index (χ3v) is 8.34. The Hall–Kier alpha value is -3.64. The van der Waals surface area contributed by atoms with E-state index in [-0.39, 0.29) is 45.1 Å². The van der Waals surface area contributed by atoms with E-state index in [1.807, 2.05) is 13.8 Å². The van der Waals surface area contributed by atoms with Crippen molar-refractivity contribution >= 4 is 49.7 Å². The Bertz CT molecular complexity index is 1370. The summed E-state index contributed by atoms with van der Waals surface area (Å²) in [4.78, 5) is 39.1. The third kappa shape index (κ3) is 5.94. The molecule has 3 aromatic rings. The first-order valence-corrected chi connectivity index (χ1v) is 13.7. The normalized spacial score (nSPS) is 15.8. The van der Waals surface area contributed by atoms with E-state index in [2.05, 4.69) is 20.8 Å². The van der Waals surface area contributed by atoms with Crippen LogP contribution in [-0.4, -0.2) is 53.8 Å². The van der Waals surface area contributed by atoms with Crippen molar-refractivity contribution in [3.05, 3.63) is 65.2 Å². The summed E-state index contributed by atoms with van der Waals surface area (Å²) in [7, 11) is -3.57. The molecule has 2 heterocycles. The molecule has 10 nitrogen and oxygen atoms in total. The number of nitrogens with zero attached hydrogens (tertiary/aromatic N) is 3. The largest absolute Gasteiger partial charge is 0.339 e. The molecule has 1 fully saturated rings. The summed E-state index contributed by atoms with van der Waals surface area (Å²) < 4.78 is 25.0. The third-order valence-electron chi connectivity index (χ3n) is 5.67. The van der Waals surface area contributed by atoms with Crippen LogP contribution in [0.25, 0.3) is 0 Å². The van der Waals surface area contributed by atoms with Gasteiger partial charge in [0.2, 0.25) is 16.9 Å². The molecule has 36 heavy (non-hydrogen) atoms. The van der Waals surface area contributed by atoms with Crippen molar-refractivity contribution in [2.24, 2.45) is 5.92 Å². The first-order chi connectivity index (χ1) is 17.1. The smallest absolute Gasteiger partial charge is 0.257 e. The molecular formula is C24H25N5O5S2. The van der Waals surface area contributed by atoms with Gasteiger partial charge >= 0.3 is 0 Å². The van der Waals surface area contributed by atoms with Gasteiger partial charge in [-0.05, 0) is 50.2 Å². The van der Waals surface area contributed by atoms with E-state index < -0.39 is 21.7 Å². The lowest BCUT2D eigenvalue weighted by Gasteiger charge is -2.20. The van der Waals surface area contributed by atoms with E-state index >= 15 is 0 Å². The number of likely N-dealkylation sites (tertiary alicyclic amines) is 1. The maximum Gasteiger partial charge on any atom is 0.257 e. The maximum absolute atomic E-state index is 12.6. The van der Waals surface area contributed by atoms with E-state index in [1.54, 1.807) is 47.4 Å². The van der Waals surface area contributed by atoms with Gasteiger partial charge in [0.05, 0.1) is 10.8 Å². The fourth-order valence-corrected chi connectivity index (χ4v) is 6.11. The van der Waals surface area contributed by atoms with Crippen LogP contribution in [0.4, 0.5) is 10.8 Å². The van der Waals surface area contributed by atoms with E-state index in [0.717, 1.165) is 11.3 Å². The van der Waals surface area contributed by atoms with Gasteiger partial charge in [-0.2, -0.15) is 0 Å². The summed E-state index contributed by atoms with van der Waals surface area (Å²) in [6.45, 7) is 4.22. The van der Waals surface area contributed by atoms with Gasteiger partial charge in [-0.25, -0.2) is 8.42 Å². The van der Waals surface area contributed by atoms with Crippen molar-refractivity contribution in [3.8, 4) is 0 Å². The average Bonchev–Trinajstić information content (AvgIpc) is 3.45. The first-order valence-electron chi connectivity index (χ1n) is 11.2. The summed E-state index contributed by atoms with van der Waals surface area (Å²) in [5, 5.41) is 13.6. The molecule has 1 unspecified atom stereocenters. The molecule has 1 saturated heterocycles. The topological polar surface area (TPSA) is 138 Å². The van der Waals surface area contributed by atoms with Gasteiger partial charge in [0.25, 0.3) is 5.91 Å². The number of anilines is 2. The highest BCUT2D eigenvalue weighted by Gasteiger charge is 2.35. The minimum absolute atomic E-state index is 0.0327. The van der Waals surface area contributed by atoms with Gasteiger partial charge in [-0.15, -0.1) is 10.2 Å². The number of aromatic nitrogens is 2. The van der Waals surface area contributed by atoms with Crippen LogP contribution in [0.1, 0.15) is 35.6 Å². The molecule has 0 aliphatic carbocycles. The number of rotatable bonds is 8. The number of benzene rings is 2. The molecule has 3 amide bonds. The minimum atomic E-state index is -3.57. The lowest BCUT2D eigenvalue weighted by atomic mass is 10.1. The molecular weight excluding hydrogens is 502 g/mol. The van der Waals surface area contributed by atoms with Gasteiger partial charge in [-0.3, -0.25) is 19.7 Å². The zero-order valence-corrected chi connectivity index (χ0v) is 21.3. The number of sulfone groups is 1. The summed E-state index contributed by atoms with van der Waals surface area (Å²) in [6.07, 6.45) is 0.182. The number of carbonyl (C=O) groups is 3. The molecule has 12 heteroatoms. The van der Waals surface area contributed by atoms with Crippen LogP contribution in [0, 0.1) is 5.92 Å². The van der Waals surface area contributed by atoms with Gasteiger partial charge in [0, 0.05) is 30.3 Å². The zero-order valence-electron chi connectivity index (χ0n) is 19.7. The Labute approximate surface area is 212 Å².